The number of furan rings is 1. The Morgan fingerprint density at radius 1 is 0.854 bits per heavy atom. The monoisotopic (exact) mass is 823 g/mol. The number of nitrogens with zero attached hydrogens (tertiary/aromatic N) is 1. The van der Waals surface area contributed by atoms with Crippen LogP contribution in [0.1, 0.15) is 72.8 Å². The van der Waals surface area contributed by atoms with Crippen LogP contribution < -0.4 is 0 Å². The zero-order chi connectivity index (χ0) is 33.7. The molecule has 253 valence electrons. The molecule has 0 bridgehead atoms. The smallest absolute Gasteiger partial charge is 0.162 e. The molecular formula is C42H45FIrNO3-. The molecule has 2 aromatic heterocycles. The fourth-order valence-electron chi connectivity index (χ4n) is 6.46. The second-order valence-electron chi connectivity index (χ2n) is 12.8. The number of hydrogen-bond acceptors (Lipinski definition) is 4. The van der Waals surface area contributed by atoms with Crippen LogP contribution in [0.15, 0.2) is 89.2 Å². The van der Waals surface area contributed by atoms with Crippen molar-refractivity contribution < 1.29 is 38.8 Å². The first-order valence-electron chi connectivity index (χ1n) is 17.0. The third-order valence-corrected chi connectivity index (χ3v) is 9.16. The molecule has 6 rings (SSSR count). The minimum Gasteiger partial charge on any atom is -0.512 e. The summed E-state index contributed by atoms with van der Waals surface area (Å²) in [4.78, 5) is 16.5. The van der Waals surface area contributed by atoms with Crippen molar-refractivity contribution in [3.8, 4) is 11.3 Å². The second-order valence-corrected chi connectivity index (χ2v) is 12.8. The Hall–Kier alpha value is -3.86. The van der Waals surface area contributed by atoms with Gasteiger partial charge in [-0.2, -0.15) is 0 Å². The summed E-state index contributed by atoms with van der Waals surface area (Å²) < 4.78 is 20.3. The van der Waals surface area contributed by atoms with E-state index >= 15 is 0 Å². The van der Waals surface area contributed by atoms with E-state index in [1.54, 1.807) is 12.3 Å². The van der Waals surface area contributed by atoms with E-state index in [2.05, 4.69) is 38.1 Å². The molecule has 0 aliphatic rings. The zero-order valence-corrected chi connectivity index (χ0v) is 31.1. The summed E-state index contributed by atoms with van der Waals surface area (Å²) in [6.45, 7) is 12.5. The molecule has 0 unspecified atom stereocenters. The van der Waals surface area contributed by atoms with E-state index in [1.807, 2.05) is 64.1 Å². The van der Waals surface area contributed by atoms with Crippen molar-refractivity contribution in [2.45, 2.75) is 73.6 Å². The average Bonchev–Trinajstić information content (AvgIpc) is 3.44. The molecular weight excluding hydrogens is 778 g/mol. The van der Waals surface area contributed by atoms with Crippen LogP contribution in [0.25, 0.3) is 54.7 Å². The normalized spacial score (nSPS) is 11.9. The van der Waals surface area contributed by atoms with Crippen LogP contribution in [0.4, 0.5) is 4.39 Å². The molecule has 0 saturated heterocycles. The van der Waals surface area contributed by atoms with Crippen LogP contribution in [-0.2, 0) is 31.3 Å². The summed E-state index contributed by atoms with van der Waals surface area (Å²) in [5.74, 6) is 0.775. The summed E-state index contributed by atoms with van der Waals surface area (Å²) in [6.07, 6.45) is 7.57. The number of allylic oxidation sites excluding steroid dienone is 2. The summed E-state index contributed by atoms with van der Waals surface area (Å²) in [5.41, 5.74) is 4.63. The van der Waals surface area contributed by atoms with Crippen LogP contribution in [-0.4, -0.2) is 15.9 Å². The molecule has 0 amide bonds. The molecule has 4 nitrogen and oxygen atoms in total. The Balaban J connectivity index is 0.000000279. The number of aliphatic hydroxyl groups excluding tert-OH is 1. The minimum absolute atomic E-state index is 0. The molecule has 2 heterocycles. The van der Waals surface area contributed by atoms with Crippen molar-refractivity contribution in [1.29, 1.82) is 0 Å². The summed E-state index contributed by atoms with van der Waals surface area (Å²) in [6, 6.07) is 24.9. The van der Waals surface area contributed by atoms with Crippen LogP contribution >= 0.6 is 0 Å². The molecule has 0 atom stereocenters. The van der Waals surface area contributed by atoms with Gasteiger partial charge in [-0.05, 0) is 89.5 Å². The van der Waals surface area contributed by atoms with Crippen LogP contribution in [0.3, 0.4) is 0 Å². The maximum absolute atomic E-state index is 14.0. The predicted octanol–water partition coefficient (Wildman–Crippen LogP) is 12.0. The van der Waals surface area contributed by atoms with Gasteiger partial charge in [0, 0.05) is 49.6 Å². The van der Waals surface area contributed by atoms with Crippen molar-refractivity contribution in [2.75, 3.05) is 0 Å². The van der Waals surface area contributed by atoms with Gasteiger partial charge in [-0.1, -0.05) is 88.9 Å². The van der Waals surface area contributed by atoms with Gasteiger partial charge in [0.25, 0.3) is 0 Å². The Morgan fingerprint density at radius 2 is 1.54 bits per heavy atom. The first-order chi connectivity index (χ1) is 22.7. The van der Waals surface area contributed by atoms with Gasteiger partial charge < -0.3 is 14.5 Å². The van der Waals surface area contributed by atoms with Gasteiger partial charge in [-0.25, -0.2) is 4.39 Å². The standard InChI is InChI=1S/C29H21FNO.C13H24O2.Ir/c1-17(2)13-20-14-19(15-26-23-5-3-4-6-27(23)32-29(20)26)28-24-10-8-18-7-9-21(30)16-25(18)22(24)11-12-31-28;1-5-10(6-2)12(14)9-13(15)11(7-3)8-4;/h3-12,15-17H,13H2,1-2H3;9-11,14H,5-8H2,1-4H3;/q-1;;/b;12-9-;. The van der Waals surface area contributed by atoms with Gasteiger partial charge in [0.15, 0.2) is 5.78 Å². The third-order valence-electron chi connectivity index (χ3n) is 9.16. The SMILES string of the molecule is CC(C)Cc1[c-]c(-c2nccc3c2ccc2ccc(F)cc23)cc2c1oc1ccccc12.CCC(CC)C(=O)/C=C(\O)C(CC)CC.[Ir]. The van der Waals surface area contributed by atoms with E-state index in [0.29, 0.717) is 5.92 Å². The number of halogens is 1. The molecule has 0 spiro atoms. The van der Waals surface area contributed by atoms with E-state index < -0.39 is 0 Å². The van der Waals surface area contributed by atoms with Gasteiger partial charge in [-0.3, -0.25) is 4.79 Å². The maximum Gasteiger partial charge on any atom is 0.162 e. The fourth-order valence-corrected chi connectivity index (χ4v) is 6.46. The number of hydrogen-bond donors (Lipinski definition) is 1. The summed E-state index contributed by atoms with van der Waals surface area (Å²) in [7, 11) is 0. The number of pyridine rings is 1. The number of carbonyl (C=O) groups is 1. The van der Waals surface area contributed by atoms with E-state index in [0.717, 1.165) is 92.4 Å². The van der Waals surface area contributed by atoms with E-state index in [4.69, 9.17) is 9.40 Å². The van der Waals surface area contributed by atoms with Gasteiger partial charge in [0.2, 0.25) is 0 Å². The first kappa shape index (κ1) is 37.0. The Labute approximate surface area is 296 Å². The van der Waals surface area contributed by atoms with Crippen molar-refractivity contribution >= 4 is 49.3 Å². The molecule has 0 fully saturated rings. The van der Waals surface area contributed by atoms with Crippen LogP contribution in [0, 0.1) is 29.6 Å². The van der Waals surface area contributed by atoms with E-state index in [9.17, 15) is 14.3 Å². The third kappa shape index (κ3) is 7.88. The Kier molecular flexibility index (Phi) is 12.7. The average molecular weight is 823 g/mol. The molecule has 6 heteroatoms. The number of fused-ring (bicyclic) bond motifs is 6. The molecule has 0 aliphatic heterocycles. The molecule has 1 N–H and O–H groups in total. The van der Waals surface area contributed by atoms with Crippen molar-refractivity contribution in [2.24, 2.45) is 17.8 Å². The molecule has 1 radical (unpaired) electrons. The zero-order valence-electron chi connectivity index (χ0n) is 28.7. The quantitative estimate of drug-likeness (QED) is 0.0647. The maximum atomic E-state index is 14.0. The first-order valence-corrected chi connectivity index (χ1v) is 17.0. The largest absolute Gasteiger partial charge is 0.512 e. The van der Waals surface area contributed by atoms with Gasteiger partial charge in [-0.15, -0.1) is 17.7 Å². The summed E-state index contributed by atoms with van der Waals surface area (Å²) in [5, 5.41) is 15.8. The van der Waals surface area contributed by atoms with Crippen LogP contribution in [0.2, 0.25) is 0 Å². The second kappa shape index (κ2) is 16.5. The van der Waals surface area contributed by atoms with Crippen molar-refractivity contribution in [1.82, 2.24) is 4.98 Å². The molecule has 6 aromatic rings. The molecule has 0 saturated carbocycles. The van der Waals surface area contributed by atoms with Gasteiger partial charge in [0.05, 0.1) is 11.3 Å². The van der Waals surface area contributed by atoms with Crippen molar-refractivity contribution in [3.63, 3.8) is 0 Å². The van der Waals surface area contributed by atoms with E-state index in [1.165, 1.54) is 12.1 Å². The van der Waals surface area contributed by atoms with E-state index in [-0.39, 0.29) is 49.3 Å². The number of aliphatic hydroxyl groups is 1. The number of para-hydroxylation sites is 1. The number of benzene rings is 4. The molecule has 4 aromatic carbocycles. The predicted molar refractivity (Wildman–Crippen MR) is 193 cm³/mol. The van der Waals surface area contributed by atoms with Crippen LogP contribution in [0.5, 0.6) is 0 Å². The number of carbonyl (C=O) groups excluding carboxylic acids is 1. The number of aromatic nitrogens is 1. The molecule has 48 heavy (non-hydrogen) atoms. The number of ketones is 1. The van der Waals surface area contributed by atoms with Crippen molar-refractivity contribution in [3.05, 3.63) is 102 Å². The minimum atomic E-state index is -0.236. The van der Waals surface area contributed by atoms with Gasteiger partial charge >= 0.3 is 0 Å². The van der Waals surface area contributed by atoms with Gasteiger partial charge in [0.1, 0.15) is 11.4 Å². The Morgan fingerprint density at radius 3 is 2.23 bits per heavy atom. The fraction of sp³-hybridized carbons (Fsp3) is 0.333. The summed E-state index contributed by atoms with van der Waals surface area (Å²) >= 11 is 0. The number of rotatable bonds is 10. The Bertz CT molecular complexity index is 2050. The topological polar surface area (TPSA) is 63.3 Å². The molecule has 0 aliphatic carbocycles.